The molecule has 0 bridgehead atoms. The maximum absolute atomic E-state index is 12.3. The van der Waals surface area contributed by atoms with Crippen molar-refractivity contribution in [3.05, 3.63) is 58.1 Å². The number of halogens is 1. The van der Waals surface area contributed by atoms with Gasteiger partial charge in [0, 0.05) is 18.7 Å². The summed E-state index contributed by atoms with van der Waals surface area (Å²) in [6.07, 6.45) is 1.57. The zero-order chi connectivity index (χ0) is 22.5. The molecule has 0 aliphatic carbocycles. The molecule has 0 unspecified atom stereocenters. The Morgan fingerprint density at radius 2 is 1.73 bits per heavy atom. The molecular weight excluding hydrogens is 428 g/mol. The SMILES string of the molecule is COC(=O)c1cc(NC(=O)CCCN(c2cc(C)cc(C)c2)S(C)(=O)=O)ccc1Cl. The molecule has 162 valence electrons. The fourth-order valence-electron chi connectivity index (χ4n) is 3.06. The van der Waals surface area contributed by atoms with Crippen LogP contribution in [0, 0.1) is 13.8 Å². The monoisotopic (exact) mass is 452 g/mol. The Hall–Kier alpha value is -2.58. The Morgan fingerprint density at radius 3 is 2.30 bits per heavy atom. The molecular formula is C21H25ClN2O5S. The number of rotatable bonds is 8. The van der Waals surface area contributed by atoms with Gasteiger partial charge >= 0.3 is 5.97 Å². The van der Waals surface area contributed by atoms with Gasteiger partial charge < -0.3 is 10.1 Å². The fraction of sp³-hybridized carbons (Fsp3) is 0.333. The van der Waals surface area contributed by atoms with E-state index in [2.05, 4.69) is 10.1 Å². The Balaban J connectivity index is 2.04. The number of aryl methyl sites for hydroxylation is 2. The lowest BCUT2D eigenvalue weighted by molar-refractivity contribution is -0.116. The van der Waals surface area contributed by atoms with Gasteiger partial charge in [0.1, 0.15) is 0 Å². The molecule has 0 aliphatic heterocycles. The Kier molecular flexibility index (Phi) is 7.86. The van der Waals surface area contributed by atoms with Crippen molar-refractivity contribution < 1.29 is 22.7 Å². The van der Waals surface area contributed by atoms with Gasteiger partial charge in [-0.25, -0.2) is 13.2 Å². The first-order valence-electron chi connectivity index (χ1n) is 9.25. The summed E-state index contributed by atoms with van der Waals surface area (Å²) in [6, 6.07) is 10.1. The van der Waals surface area contributed by atoms with Crippen LogP contribution in [0.1, 0.15) is 34.3 Å². The van der Waals surface area contributed by atoms with E-state index in [4.69, 9.17) is 11.6 Å². The first-order valence-corrected chi connectivity index (χ1v) is 11.5. The summed E-state index contributed by atoms with van der Waals surface area (Å²) in [7, 11) is -2.25. The largest absolute Gasteiger partial charge is 0.465 e. The van der Waals surface area contributed by atoms with E-state index in [1.807, 2.05) is 19.9 Å². The third-order valence-corrected chi connectivity index (χ3v) is 5.84. The molecule has 30 heavy (non-hydrogen) atoms. The highest BCUT2D eigenvalue weighted by Crippen LogP contribution is 2.23. The summed E-state index contributed by atoms with van der Waals surface area (Å²) in [5, 5.41) is 2.91. The molecule has 7 nitrogen and oxygen atoms in total. The third-order valence-electron chi connectivity index (χ3n) is 4.32. The number of hydrogen-bond acceptors (Lipinski definition) is 5. The molecule has 2 rings (SSSR count). The first kappa shape index (κ1) is 23.7. The van der Waals surface area contributed by atoms with E-state index in [1.165, 1.54) is 23.5 Å². The van der Waals surface area contributed by atoms with Crippen molar-refractivity contribution in [3.63, 3.8) is 0 Å². The standard InChI is InChI=1S/C21H25ClN2O5S/c1-14-10-15(2)12-17(11-14)24(30(4,27)28)9-5-6-20(25)23-16-7-8-19(22)18(13-16)21(26)29-3/h7-8,10-13H,5-6,9H2,1-4H3,(H,23,25). The molecule has 1 N–H and O–H groups in total. The van der Waals surface area contributed by atoms with Gasteiger partial charge in [-0.15, -0.1) is 0 Å². The summed E-state index contributed by atoms with van der Waals surface area (Å²) < 4.78 is 30.5. The summed E-state index contributed by atoms with van der Waals surface area (Å²) in [5.74, 6) is -0.907. The molecule has 0 saturated heterocycles. The molecule has 0 saturated carbocycles. The minimum atomic E-state index is -3.50. The van der Waals surface area contributed by atoms with Crippen LogP contribution in [0.25, 0.3) is 0 Å². The van der Waals surface area contributed by atoms with E-state index in [-0.39, 0.29) is 29.5 Å². The van der Waals surface area contributed by atoms with Gasteiger partial charge in [-0.05, 0) is 61.7 Å². The summed E-state index contributed by atoms with van der Waals surface area (Å²) in [6.45, 7) is 3.97. The lowest BCUT2D eigenvalue weighted by atomic mass is 10.1. The van der Waals surface area contributed by atoms with Crippen LogP contribution >= 0.6 is 11.6 Å². The minimum absolute atomic E-state index is 0.104. The number of esters is 1. The molecule has 2 aromatic rings. The number of anilines is 2. The maximum Gasteiger partial charge on any atom is 0.339 e. The predicted octanol–water partition coefficient (Wildman–Crippen LogP) is 3.93. The number of carbonyl (C=O) groups excluding carboxylic acids is 2. The van der Waals surface area contributed by atoms with Crippen LogP contribution in [0.5, 0.6) is 0 Å². The quantitative estimate of drug-likeness (QED) is 0.612. The van der Waals surface area contributed by atoms with Crippen molar-refractivity contribution in [2.45, 2.75) is 26.7 Å². The van der Waals surface area contributed by atoms with Gasteiger partial charge in [-0.1, -0.05) is 17.7 Å². The molecule has 2 aromatic carbocycles. The van der Waals surface area contributed by atoms with Crippen molar-refractivity contribution in [3.8, 4) is 0 Å². The fourth-order valence-corrected chi connectivity index (χ4v) is 4.20. The van der Waals surface area contributed by atoms with Crippen LogP contribution in [0.3, 0.4) is 0 Å². The van der Waals surface area contributed by atoms with E-state index in [0.29, 0.717) is 17.8 Å². The number of amides is 1. The van der Waals surface area contributed by atoms with E-state index in [9.17, 15) is 18.0 Å². The number of benzene rings is 2. The van der Waals surface area contributed by atoms with E-state index >= 15 is 0 Å². The average Bonchev–Trinajstić information content (AvgIpc) is 2.64. The predicted molar refractivity (Wildman–Crippen MR) is 119 cm³/mol. The van der Waals surface area contributed by atoms with Gasteiger partial charge in [-0.2, -0.15) is 0 Å². The van der Waals surface area contributed by atoms with Crippen LogP contribution in [-0.4, -0.2) is 40.2 Å². The van der Waals surface area contributed by atoms with E-state index in [0.717, 1.165) is 17.4 Å². The van der Waals surface area contributed by atoms with Crippen LogP contribution in [0.4, 0.5) is 11.4 Å². The van der Waals surface area contributed by atoms with Crippen molar-refractivity contribution in [1.29, 1.82) is 0 Å². The number of nitrogens with zero attached hydrogens (tertiary/aromatic N) is 1. The molecule has 0 radical (unpaired) electrons. The second-order valence-electron chi connectivity index (χ2n) is 7.02. The van der Waals surface area contributed by atoms with Crippen molar-refractivity contribution in [1.82, 2.24) is 0 Å². The third kappa shape index (κ3) is 6.47. The lowest BCUT2D eigenvalue weighted by Crippen LogP contribution is -2.31. The Morgan fingerprint density at radius 1 is 1.10 bits per heavy atom. The van der Waals surface area contributed by atoms with Gasteiger partial charge in [0.15, 0.2) is 0 Å². The van der Waals surface area contributed by atoms with Crippen LogP contribution < -0.4 is 9.62 Å². The number of sulfonamides is 1. The number of carbonyl (C=O) groups is 2. The topological polar surface area (TPSA) is 92.8 Å². The lowest BCUT2D eigenvalue weighted by Gasteiger charge is -2.23. The van der Waals surface area contributed by atoms with Gasteiger partial charge in [-0.3, -0.25) is 9.10 Å². The number of hydrogen-bond donors (Lipinski definition) is 1. The van der Waals surface area contributed by atoms with Gasteiger partial charge in [0.2, 0.25) is 15.9 Å². The number of nitrogens with one attached hydrogen (secondary N) is 1. The summed E-state index contributed by atoms with van der Waals surface area (Å²) >= 11 is 5.97. The van der Waals surface area contributed by atoms with E-state index < -0.39 is 16.0 Å². The van der Waals surface area contributed by atoms with Crippen LogP contribution in [-0.2, 0) is 19.6 Å². The highest BCUT2D eigenvalue weighted by molar-refractivity contribution is 7.92. The molecule has 0 fully saturated rings. The van der Waals surface area contributed by atoms with Crippen molar-refractivity contribution in [2.75, 3.05) is 29.5 Å². The highest BCUT2D eigenvalue weighted by Gasteiger charge is 2.18. The maximum atomic E-state index is 12.3. The zero-order valence-electron chi connectivity index (χ0n) is 17.4. The van der Waals surface area contributed by atoms with Crippen molar-refractivity contribution >= 4 is 44.9 Å². The Bertz CT molecular complexity index is 1030. The van der Waals surface area contributed by atoms with Crippen LogP contribution in [0.15, 0.2) is 36.4 Å². The van der Waals surface area contributed by atoms with E-state index in [1.54, 1.807) is 18.2 Å². The molecule has 0 atom stereocenters. The molecule has 0 spiro atoms. The molecule has 0 aliphatic rings. The highest BCUT2D eigenvalue weighted by atomic mass is 35.5. The molecule has 1 amide bonds. The van der Waals surface area contributed by atoms with Gasteiger partial charge in [0.25, 0.3) is 0 Å². The minimum Gasteiger partial charge on any atom is -0.465 e. The van der Waals surface area contributed by atoms with Crippen LogP contribution in [0.2, 0.25) is 5.02 Å². The second kappa shape index (κ2) is 9.95. The number of ether oxygens (including phenoxy) is 1. The second-order valence-corrected chi connectivity index (χ2v) is 9.33. The summed E-state index contributed by atoms with van der Waals surface area (Å²) in [5.41, 5.74) is 3.05. The number of methoxy groups -OCH3 is 1. The molecule has 0 aromatic heterocycles. The molecule has 9 heteroatoms. The Labute approximate surface area is 182 Å². The first-order chi connectivity index (χ1) is 14.0. The molecule has 0 heterocycles. The average molecular weight is 453 g/mol. The van der Waals surface area contributed by atoms with Gasteiger partial charge in [0.05, 0.1) is 29.6 Å². The summed E-state index contributed by atoms with van der Waals surface area (Å²) in [4.78, 5) is 24.0. The van der Waals surface area contributed by atoms with Crippen molar-refractivity contribution in [2.24, 2.45) is 0 Å². The normalized spacial score (nSPS) is 11.1. The smallest absolute Gasteiger partial charge is 0.339 e. The zero-order valence-corrected chi connectivity index (χ0v) is 18.9.